The average Bonchev–Trinajstić information content (AvgIpc) is 3.01. The first-order valence-electron chi connectivity index (χ1n) is 7.90. The SMILES string of the molecule is Cc1cc(NS(=O)(=O)c2ccccc2)n(-c2nncc3ccccc23)n1. The van der Waals surface area contributed by atoms with E-state index in [2.05, 4.69) is 20.0 Å². The lowest BCUT2D eigenvalue weighted by atomic mass is 10.2. The van der Waals surface area contributed by atoms with Gasteiger partial charge >= 0.3 is 0 Å². The third-order valence-electron chi connectivity index (χ3n) is 3.88. The molecule has 2 aromatic heterocycles. The molecule has 0 unspecified atom stereocenters. The molecule has 4 rings (SSSR count). The first kappa shape index (κ1) is 16.2. The molecule has 0 aliphatic rings. The molecule has 0 saturated carbocycles. The molecule has 0 radical (unpaired) electrons. The smallest absolute Gasteiger partial charge is 0.263 e. The lowest BCUT2D eigenvalue weighted by Gasteiger charge is -2.11. The quantitative estimate of drug-likeness (QED) is 0.600. The molecule has 0 spiro atoms. The van der Waals surface area contributed by atoms with E-state index < -0.39 is 10.0 Å². The van der Waals surface area contributed by atoms with Crippen LogP contribution >= 0.6 is 0 Å². The number of benzene rings is 2. The van der Waals surface area contributed by atoms with Gasteiger partial charge in [-0.25, -0.2) is 8.42 Å². The van der Waals surface area contributed by atoms with Crippen molar-refractivity contribution >= 4 is 26.6 Å². The summed E-state index contributed by atoms with van der Waals surface area (Å²) in [7, 11) is -3.74. The standard InChI is InChI=1S/C18H15N5O2S/c1-13-11-17(22-26(24,25)15-8-3-2-4-9-15)23(21-13)18-16-10-6-5-7-14(16)12-19-20-18/h2-12,22H,1H3. The van der Waals surface area contributed by atoms with Gasteiger partial charge in [-0.05, 0) is 19.1 Å². The minimum Gasteiger partial charge on any atom is -0.263 e. The fraction of sp³-hybridized carbons (Fsp3) is 0.0556. The van der Waals surface area contributed by atoms with E-state index in [9.17, 15) is 8.42 Å². The number of nitrogens with one attached hydrogen (secondary N) is 1. The first-order valence-corrected chi connectivity index (χ1v) is 9.38. The zero-order valence-electron chi connectivity index (χ0n) is 13.9. The van der Waals surface area contributed by atoms with E-state index in [0.29, 0.717) is 17.3 Å². The molecule has 26 heavy (non-hydrogen) atoms. The first-order chi connectivity index (χ1) is 12.5. The Hall–Kier alpha value is -3.26. The van der Waals surface area contributed by atoms with Crippen molar-refractivity contribution < 1.29 is 8.42 Å². The molecule has 8 heteroatoms. The molecule has 0 saturated heterocycles. The van der Waals surface area contributed by atoms with Crippen molar-refractivity contribution in [1.29, 1.82) is 0 Å². The molecule has 4 aromatic rings. The topological polar surface area (TPSA) is 89.8 Å². The Morgan fingerprint density at radius 3 is 2.54 bits per heavy atom. The molecule has 0 aliphatic carbocycles. The number of rotatable bonds is 4. The Labute approximate surface area is 150 Å². The van der Waals surface area contributed by atoms with E-state index in [4.69, 9.17) is 0 Å². The van der Waals surface area contributed by atoms with E-state index in [1.807, 2.05) is 24.3 Å². The van der Waals surface area contributed by atoms with Gasteiger partial charge in [0.15, 0.2) is 5.82 Å². The van der Waals surface area contributed by atoms with E-state index in [1.165, 1.54) is 16.8 Å². The maximum absolute atomic E-state index is 12.7. The highest BCUT2D eigenvalue weighted by molar-refractivity contribution is 7.92. The fourth-order valence-corrected chi connectivity index (χ4v) is 3.75. The second kappa shape index (κ2) is 6.23. The van der Waals surface area contributed by atoms with Crippen molar-refractivity contribution in [2.24, 2.45) is 0 Å². The Morgan fingerprint density at radius 1 is 1.00 bits per heavy atom. The van der Waals surface area contributed by atoms with E-state index in [-0.39, 0.29) is 4.90 Å². The minimum absolute atomic E-state index is 0.175. The number of aryl methyl sites for hydroxylation is 1. The second-order valence-electron chi connectivity index (χ2n) is 5.76. The predicted molar refractivity (Wildman–Crippen MR) is 98.6 cm³/mol. The zero-order chi connectivity index (χ0) is 18.1. The van der Waals surface area contributed by atoms with Crippen LogP contribution in [0.5, 0.6) is 0 Å². The van der Waals surface area contributed by atoms with Crippen molar-refractivity contribution in [2.75, 3.05) is 4.72 Å². The number of fused-ring (bicyclic) bond motifs is 1. The van der Waals surface area contributed by atoms with Gasteiger partial charge in [0.1, 0.15) is 5.82 Å². The van der Waals surface area contributed by atoms with E-state index in [0.717, 1.165) is 10.8 Å². The molecule has 0 atom stereocenters. The van der Waals surface area contributed by atoms with Gasteiger partial charge in [-0.2, -0.15) is 14.9 Å². The van der Waals surface area contributed by atoms with Gasteiger partial charge in [0.2, 0.25) is 0 Å². The molecule has 130 valence electrons. The van der Waals surface area contributed by atoms with Gasteiger partial charge in [-0.15, -0.1) is 5.10 Å². The highest BCUT2D eigenvalue weighted by Crippen LogP contribution is 2.24. The van der Waals surface area contributed by atoms with Crippen LogP contribution in [0, 0.1) is 6.92 Å². The number of anilines is 1. The van der Waals surface area contributed by atoms with Gasteiger partial charge < -0.3 is 0 Å². The third kappa shape index (κ3) is 2.91. The normalized spacial score (nSPS) is 11.6. The lowest BCUT2D eigenvalue weighted by Crippen LogP contribution is -2.16. The summed E-state index contributed by atoms with van der Waals surface area (Å²) in [5, 5.41) is 14.3. The Kier molecular flexibility index (Phi) is 3.89. The van der Waals surface area contributed by atoms with Crippen LogP contribution in [0.1, 0.15) is 5.69 Å². The highest BCUT2D eigenvalue weighted by Gasteiger charge is 2.19. The van der Waals surface area contributed by atoms with Gasteiger partial charge in [-0.1, -0.05) is 42.5 Å². The molecular formula is C18H15N5O2S. The maximum atomic E-state index is 12.7. The summed E-state index contributed by atoms with van der Waals surface area (Å²) in [6, 6.07) is 17.4. The van der Waals surface area contributed by atoms with E-state index in [1.54, 1.807) is 37.4 Å². The molecule has 0 aliphatic heterocycles. The Morgan fingerprint density at radius 2 is 1.73 bits per heavy atom. The van der Waals surface area contributed by atoms with Crippen molar-refractivity contribution in [3.63, 3.8) is 0 Å². The van der Waals surface area contributed by atoms with E-state index >= 15 is 0 Å². The summed E-state index contributed by atoms with van der Waals surface area (Å²) in [6.07, 6.45) is 1.66. The van der Waals surface area contributed by atoms with Crippen LogP contribution in [0.3, 0.4) is 0 Å². The molecular weight excluding hydrogens is 350 g/mol. The summed E-state index contributed by atoms with van der Waals surface area (Å²) in [4.78, 5) is 0.175. The van der Waals surface area contributed by atoms with Crippen LogP contribution < -0.4 is 4.72 Å². The molecule has 0 bridgehead atoms. The second-order valence-corrected chi connectivity index (χ2v) is 7.44. The van der Waals surface area contributed by atoms with Crippen LogP contribution in [0.4, 0.5) is 5.82 Å². The van der Waals surface area contributed by atoms with Crippen molar-refractivity contribution in [3.05, 3.63) is 72.6 Å². The number of aromatic nitrogens is 4. The van der Waals surface area contributed by atoms with Crippen LogP contribution in [-0.4, -0.2) is 28.4 Å². The predicted octanol–water partition coefficient (Wildman–Crippen LogP) is 2.92. The Bertz CT molecular complexity index is 1180. The van der Waals surface area contributed by atoms with Crippen molar-refractivity contribution in [1.82, 2.24) is 20.0 Å². The molecule has 2 heterocycles. The van der Waals surface area contributed by atoms with Crippen LogP contribution in [-0.2, 0) is 10.0 Å². The van der Waals surface area contributed by atoms with Crippen LogP contribution in [0.15, 0.2) is 71.8 Å². The monoisotopic (exact) mass is 365 g/mol. The molecule has 0 fully saturated rings. The third-order valence-corrected chi connectivity index (χ3v) is 5.25. The summed E-state index contributed by atoms with van der Waals surface area (Å²) in [5.41, 5.74) is 0.658. The number of hydrogen-bond donors (Lipinski definition) is 1. The molecule has 0 amide bonds. The zero-order valence-corrected chi connectivity index (χ0v) is 14.7. The molecule has 2 aromatic carbocycles. The average molecular weight is 365 g/mol. The number of sulfonamides is 1. The lowest BCUT2D eigenvalue weighted by molar-refractivity contribution is 0.600. The number of hydrogen-bond acceptors (Lipinski definition) is 5. The summed E-state index contributed by atoms with van der Waals surface area (Å²) in [5.74, 6) is 0.763. The van der Waals surface area contributed by atoms with Crippen molar-refractivity contribution in [2.45, 2.75) is 11.8 Å². The molecule has 7 nitrogen and oxygen atoms in total. The summed E-state index contributed by atoms with van der Waals surface area (Å²) >= 11 is 0. The summed E-state index contributed by atoms with van der Waals surface area (Å²) in [6.45, 7) is 1.79. The van der Waals surface area contributed by atoms with Crippen LogP contribution in [0.2, 0.25) is 0 Å². The van der Waals surface area contributed by atoms with Gasteiger partial charge in [0, 0.05) is 16.8 Å². The van der Waals surface area contributed by atoms with Gasteiger partial charge in [-0.3, -0.25) is 4.72 Å². The maximum Gasteiger partial charge on any atom is 0.263 e. The highest BCUT2D eigenvalue weighted by atomic mass is 32.2. The van der Waals surface area contributed by atoms with Gasteiger partial charge in [0.05, 0.1) is 16.8 Å². The number of nitrogens with zero attached hydrogens (tertiary/aromatic N) is 4. The van der Waals surface area contributed by atoms with Crippen LogP contribution in [0.25, 0.3) is 16.6 Å². The summed E-state index contributed by atoms with van der Waals surface area (Å²) < 4.78 is 29.4. The van der Waals surface area contributed by atoms with Gasteiger partial charge in [0.25, 0.3) is 10.0 Å². The van der Waals surface area contributed by atoms with Crippen molar-refractivity contribution in [3.8, 4) is 5.82 Å². The Balaban J connectivity index is 1.83. The minimum atomic E-state index is -3.74. The largest absolute Gasteiger partial charge is 0.263 e. The fourth-order valence-electron chi connectivity index (χ4n) is 2.70. The molecule has 1 N–H and O–H groups in total.